The number of aryl methyl sites for hydroxylation is 1. The maximum atomic E-state index is 13.2. The Balaban J connectivity index is 3.19. The van der Waals surface area contributed by atoms with Crippen LogP contribution in [0.1, 0.15) is 11.1 Å². The third kappa shape index (κ3) is 1.56. The number of methoxy groups -OCH3 is 1. The van der Waals surface area contributed by atoms with Crippen molar-refractivity contribution in [2.75, 3.05) is 7.11 Å². The smallest absolute Gasteiger partial charge is 0.130 e. The number of rotatable bonds is 2. The Labute approximate surface area is 71.1 Å². The quantitative estimate of drug-likeness (QED) is 0.729. The van der Waals surface area contributed by atoms with Gasteiger partial charge in [-0.2, -0.15) is 0 Å². The van der Waals surface area contributed by atoms with Gasteiger partial charge in [-0.15, -0.1) is 0 Å². The molecule has 3 heteroatoms. The lowest BCUT2D eigenvalue weighted by atomic mass is 10.1. The summed E-state index contributed by atoms with van der Waals surface area (Å²) in [6, 6.07) is 3.26. The van der Waals surface area contributed by atoms with Gasteiger partial charge in [-0.1, -0.05) is 0 Å². The van der Waals surface area contributed by atoms with Gasteiger partial charge in [-0.05, 0) is 24.6 Å². The number of hydrogen-bond donors (Lipinski definition) is 1. The Hall–Kier alpha value is -1.09. The van der Waals surface area contributed by atoms with Gasteiger partial charge in [-0.25, -0.2) is 4.39 Å². The van der Waals surface area contributed by atoms with Crippen LogP contribution in [0, 0.1) is 12.7 Å². The first kappa shape index (κ1) is 9.00. The molecule has 0 amide bonds. The molecule has 0 bridgehead atoms. The van der Waals surface area contributed by atoms with Crippen molar-refractivity contribution in [2.45, 2.75) is 13.5 Å². The molecule has 0 saturated carbocycles. The minimum Gasteiger partial charge on any atom is -0.497 e. The van der Waals surface area contributed by atoms with Gasteiger partial charge in [0.25, 0.3) is 0 Å². The number of benzene rings is 1. The minimum atomic E-state index is -0.238. The van der Waals surface area contributed by atoms with Crippen molar-refractivity contribution in [1.82, 2.24) is 0 Å². The molecule has 2 N–H and O–H groups in total. The largest absolute Gasteiger partial charge is 0.497 e. The van der Waals surface area contributed by atoms with Gasteiger partial charge >= 0.3 is 0 Å². The number of nitrogens with two attached hydrogens (primary N) is 1. The highest BCUT2D eigenvalue weighted by Crippen LogP contribution is 2.20. The Kier molecular flexibility index (Phi) is 2.65. The molecule has 12 heavy (non-hydrogen) atoms. The summed E-state index contributed by atoms with van der Waals surface area (Å²) >= 11 is 0. The van der Waals surface area contributed by atoms with Crippen LogP contribution >= 0.6 is 0 Å². The van der Waals surface area contributed by atoms with Gasteiger partial charge in [0, 0.05) is 12.1 Å². The summed E-state index contributed by atoms with van der Waals surface area (Å²) in [6.07, 6.45) is 0. The van der Waals surface area contributed by atoms with Crippen LogP contribution in [0.3, 0.4) is 0 Å². The fourth-order valence-corrected chi connectivity index (χ4v) is 1.07. The standard InChI is InChI=1S/C9H12FNO/c1-6-3-8(12-2)4-7(5-11)9(6)10/h3-4H,5,11H2,1-2H3. The Morgan fingerprint density at radius 1 is 1.50 bits per heavy atom. The molecule has 0 heterocycles. The van der Waals surface area contributed by atoms with E-state index in [1.54, 1.807) is 26.2 Å². The second kappa shape index (κ2) is 3.54. The second-order valence-corrected chi connectivity index (χ2v) is 2.62. The summed E-state index contributed by atoms with van der Waals surface area (Å²) < 4.78 is 18.2. The first-order valence-electron chi connectivity index (χ1n) is 3.72. The molecule has 0 aliphatic rings. The van der Waals surface area contributed by atoms with Crippen LogP contribution in [0.15, 0.2) is 12.1 Å². The first-order valence-corrected chi connectivity index (χ1v) is 3.72. The van der Waals surface area contributed by atoms with Crippen LogP contribution < -0.4 is 10.5 Å². The average Bonchev–Trinajstić information content (AvgIpc) is 2.09. The highest BCUT2D eigenvalue weighted by molar-refractivity contribution is 5.35. The van der Waals surface area contributed by atoms with Crippen molar-refractivity contribution in [1.29, 1.82) is 0 Å². The van der Waals surface area contributed by atoms with Crippen molar-refractivity contribution in [3.05, 3.63) is 29.1 Å². The van der Waals surface area contributed by atoms with E-state index < -0.39 is 0 Å². The number of ether oxygens (including phenoxy) is 1. The molecule has 1 rings (SSSR count). The molecular weight excluding hydrogens is 157 g/mol. The van der Waals surface area contributed by atoms with Gasteiger partial charge in [-0.3, -0.25) is 0 Å². The highest BCUT2D eigenvalue weighted by atomic mass is 19.1. The van der Waals surface area contributed by atoms with Crippen LogP contribution in [0.2, 0.25) is 0 Å². The zero-order chi connectivity index (χ0) is 9.14. The molecule has 1 aromatic rings. The van der Waals surface area contributed by atoms with E-state index in [0.717, 1.165) is 0 Å². The zero-order valence-electron chi connectivity index (χ0n) is 7.23. The van der Waals surface area contributed by atoms with Crippen LogP contribution in [0.5, 0.6) is 5.75 Å². The van der Waals surface area contributed by atoms with Gasteiger partial charge in [0.2, 0.25) is 0 Å². The molecule has 0 fully saturated rings. The molecule has 66 valence electrons. The lowest BCUT2D eigenvalue weighted by Gasteiger charge is -2.06. The SMILES string of the molecule is COc1cc(C)c(F)c(CN)c1. The van der Waals surface area contributed by atoms with Crippen molar-refractivity contribution in [3.8, 4) is 5.75 Å². The average molecular weight is 169 g/mol. The van der Waals surface area contributed by atoms with Crippen molar-refractivity contribution >= 4 is 0 Å². The third-order valence-electron chi connectivity index (χ3n) is 1.76. The molecule has 2 nitrogen and oxygen atoms in total. The van der Waals surface area contributed by atoms with E-state index in [2.05, 4.69) is 0 Å². The van der Waals surface area contributed by atoms with Crippen LogP contribution in [0.4, 0.5) is 4.39 Å². The molecule has 0 aliphatic carbocycles. The van der Waals surface area contributed by atoms with E-state index in [1.807, 2.05) is 0 Å². The second-order valence-electron chi connectivity index (χ2n) is 2.62. The van der Waals surface area contributed by atoms with Crippen molar-refractivity contribution < 1.29 is 9.13 Å². The molecule has 0 unspecified atom stereocenters. The van der Waals surface area contributed by atoms with E-state index in [1.165, 1.54) is 0 Å². The Morgan fingerprint density at radius 3 is 2.67 bits per heavy atom. The molecule has 0 atom stereocenters. The summed E-state index contributed by atoms with van der Waals surface area (Å²) in [4.78, 5) is 0. The summed E-state index contributed by atoms with van der Waals surface area (Å²) in [5.41, 5.74) is 6.40. The summed E-state index contributed by atoms with van der Waals surface area (Å²) in [6.45, 7) is 1.89. The van der Waals surface area contributed by atoms with Crippen LogP contribution in [0.25, 0.3) is 0 Å². The van der Waals surface area contributed by atoms with Gasteiger partial charge in [0.15, 0.2) is 0 Å². The lowest BCUT2D eigenvalue weighted by Crippen LogP contribution is -2.02. The molecule has 1 aromatic carbocycles. The van der Waals surface area contributed by atoms with Crippen molar-refractivity contribution in [2.24, 2.45) is 5.73 Å². The van der Waals surface area contributed by atoms with E-state index >= 15 is 0 Å². The molecule has 0 radical (unpaired) electrons. The summed E-state index contributed by atoms with van der Waals surface area (Å²) in [5, 5.41) is 0. The topological polar surface area (TPSA) is 35.2 Å². The van der Waals surface area contributed by atoms with Gasteiger partial charge in [0.1, 0.15) is 11.6 Å². The fourth-order valence-electron chi connectivity index (χ4n) is 1.07. The summed E-state index contributed by atoms with van der Waals surface area (Å²) in [5.74, 6) is 0.410. The van der Waals surface area contributed by atoms with E-state index in [9.17, 15) is 4.39 Å². The Bertz CT molecular complexity index is 286. The highest BCUT2D eigenvalue weighted by Gasteiger charge is 2.05. The van der Waals surface area contributed by atoms with E-state index in [4.69, 9.17) is 10.5 Å². The lowest BCUT2D eigenvalue weighted by molar-refractivity contribution is 0.412. The number of halogens is 1. The molecule has 0 saturated heterocycles. The predicted octanol–water partition coefficient (Wildman–Crippen LogP) is 1.60. The van der Waals surface area contributed by atoms with Gasteiger partial charge < -0.3 is 10.5 Å². The number of hydrogen-bond acceptors (Lipinski definition) is 2. The molecule has 0 spiro atoms. The third-order valence-corrected chi connectivity index (χ3v) is 1.76. The predicted molar refractivity (Wildman–Crippen MR) is 45.6 cm³/mol. The van der Waals surface area contributed by atoms with Crippen LogP contribution in [-0.2, 0) is 6.54 Å². The molecular formula is C9H12FNO. The normalized spacial score (nSPS) is 10.0. The Morgan fingerprint density at radius 2 is 2.17 bits per heavy atom. The summed E-state index contributed by atoms with van der Waals surface area (Å²) in [7, 11) is 1.55. The fraction of sp³-hybridized carbons (Fsp3) is 0.333. The van der Waals surface area contributed by atoms with E-state index in [-0.39, 0.29) is 12.4 Å². The zero-order valence-corrected chi connectivity index (χ0v) is 7.23. The van der Waals surface area contributed by atoms with Crippen molar-refractivity contribution in [3.63, 3.8) is 0 Å². The minimum absolute atomic E-state index is 0.198. The van der Waals surface area contributed by atoms with Crippen LogP contribution in [-0.4, -0.2) is 7.11 Å². The van der Waals surface area contributed by atoms with Gasteiger partial charge in [0.05, 0.1) is 7.11 Å². The molecule has 0 aliphatic heterocycles. The first-order chi connectivity index (χ1) is 5.69. The van der Waals surface area contributed by atoms with E-state index in [0.29, 0.717) is 16.9 Å². The monoisotopic (exact) mass is 169 g/mol. The maximum absolute atomic E-state index is 13.2. The molecule has 0 aromatic heterocycles. The maximum Gasteiger partial charge on any atom is 0.130 e.